The molecule has 0 aromatic rings. The molecule has 0 fully saturated rings. The van der Waals surface area contributed by atoms with E-state index < -0.39 is 28.0 Å². The minimum atomic E-state index is -4.32. The molecule has 2 atom stereocenters. The number of hydrogen-bond donors (Lipinski definition) is 3. The smallest absolute Gasteiger partial charge is 0.267 e. The fourth-order valence-corrected chi connectivity index (χ4v) is 5.53. The number of amides is 1. The Labute approximate surface area is 235 Å². The van der Waals surface area contributed by atoms with Crippen LogP contribution < -0.4 is 5.32 Å². The fourth-order valence-electron chi connectivity index (χ4n) is 4.80. The largest absolute Gasteiger partial charge is 0.387 e. The Balaban J connectivity index is 4.04. The molecular weight excluding hydrogens is 498 g/mol. The van der Waals surface area contributed by atoms with E-state index in [1.54, 1.807) is 6.08 Å². The van der Waals surface area contributed by atoms with E-state index in [1.165, 1.54) is 103 Å². The average Bonchev–Trinajstić information content (AvgIpc) is 2.86. The fraction of sp³-hybridized carbons (Fsp3) is 0.903. The molecule has 0 aliphatic carbocycles. The maximum atomic E-state index is 12.4. The zero-order valence-corrected chi connectivity index (χ0v) is 25.6. The van der Waals surface area contributed by atoms with E-state index in [0.717, 1.165) is 38.5 Å². The van der Waals surface area contributed by atoms with Gasteiger partial charge in [0.25, 0.3) is 10.1 Å². The molecule has 7 heteroatoms. The summed E-state index contributed by atoms with van der Waals surface area (Å²) in [5.74, 6) is -0.974. The second kappa shape index (κ2) is 26.3. The Morgan fingerprint density at radius 2 is 1.08 bits per heavy atom. The highest BCUT2D eigenvalue weighted by atomic mass is 32.2. The minimum Gasteiger partial charge on any atom is -0.387 e. The molecule has 226 valence electrons. The van der Waals surface area contributed by atoms with Gasteiger partial charge in [0.05, 0.1) is 17.9 Å². The Kier molecular flexibility index (Phi) is 25.7. The molecule has 2 unspecified atom stereocenters. The summed E-state index contributed by atoms with van der Waals surface area (Å²) in [5.41, 5.74) is 0. The summed E-state index contributed by atoms with van der Waals surface area (Å²) >= 11 is 0. The van der Waals surface area contributed by atoms with Gasteiger partial charge in [0, 0.05) is 6.42 Å². The van der Waals surface area contributed by atoms with Crippen LogP contribution in [-0.4, -0.2) is 41.9 Å². The van der Waals surface area contributed by atoms with Crippen LogP contribution in [0.4, 0.5) is 0 Å². The van der Waals surface area contributed by atoms with Crippen molar-refractivity contribution in [2.45, 2.75) is 174 Å². The Bertz CT molecular complexity index is 665. The predicted octanol–water partition coefficient (Wildman–Crippen LogP) is 8.29. The van der Waals surface area contributed by atoms with Crippen LogP contribution in [0.25, 0.3) is 0 Å². The first kappa shape index (κ1) is 37.1. The van der Waals surface area contributed by atoms with E-state index in [2.05, 4.69) is 19.2 Å². The normalized spacial score (nSPS) is 13.7. The number of allylic oxidation sites excluding steroid dienone is 1. The molecule has 0 rings (SSSR count). The van der Waals surface area contributed by atoms with E-state index in [0.29, 0.717) is 6.42 Å². The van der Waals surface area contributed by atoms with Gasteiger partial charge in [-0.25, -0.2) is 0 Å². The molecular formula is C31H61NO5S. The molecule has 6 nitrogen and oxygen atoms in total. The van der Waals surface area contributed by atoms with E-state index in [-0.39, 0.29) is 5.91 Å². The van der Waals surface area contributed by atoms with Crippen LogP contribution in [0.2, 0.25) is 0 Å². The van der Waals surface area contributed by atoms with Gasteiger partial charge in [0.15, 0.2) is 0 Å². The summed E-state index contributed by atoms with van der Waals surface area (Å²) in [6.45, 7) is 4.46. The summed E-state index contributed by atoms with van der Waals surface area (Å²) in [4.78, 5) is 12.4. The van der Waals surface area contributed by atoms with E-state index in [1.807, 2.05) is 6.08 Å². The van der Waals surface area contributed by atoms with Crippen molar-refractivity contribution in [2.75, 3.05) is 5.75 Å². The molecule has 1 amide bonds. The summed E-state index contributed by atoms with van der Waals surface area (Å²) in [6.07, 6.45) is 29.1. The van der Waals surface area contributed by atoms with Gasteiger partial charge in [-0.15, -0.1) is 0 Å². The van der Waals surface area contributed by atoms with Crippen molar-refractivity contribution in [1.29, 1.82) is 0 Å². The lowest BCUT2D eigenvalue weighted by atomic mass is 10.0. The van der Waals surface area contributed by atoms with Crippen LogP contribution in [0.5, 0.6) is 0 Å². The van der Waals surface area contributed by atoms with E-state index in [9.17, 15) is 22.9 Å². The van der Waals surface area contributed by atoms with Crippen molar-refractivity contribution in [1.82, 2.24) is 5.32 Å². The number of unbranched alkanes of at least 4 members (excludes halogenated alkanes) is 20. The van der Waals surface area contributed by atoms with Gasteiger partial charge in [-0.1, -0.05) is 148 Å². The van der Waals surface area contributed by atoms with Gasteiger partial charge in [-0.3, -0.25) is 9.35 Å². The first-order valence-electron chi connectivity index (χ1n) is 15.9. The molecule has 0 aliphatic heterocycles. The van der Waals surface area contributed by atoms with Crippen LogP contribution in [0.3, 0.4) is 0 Å². The number of carbonyl (C=O) groups is 1. The molecule has 3 N–H and O–H groups in total. The summed E-state index contributed by atoms with van der Waals surface area (Å²) < 4.78 is 32.1. The zero-order valence-electron chi connectivity index (χ0n) is 24.8. The van der Waals surface area contributed by atoms with Crippen LogP contribution in [0.15, 0.2) is 12.2 Å². The summed E-state index contributed by atoms with van der Waals surface area (Å²) in [6, 6.07) is -1.05. The molecule has 0 heterocycles. The highest BCUT2D eigenvalue weighted by Gasteiger charge is 2.24. The molecule has 0 saturated carbocycles. The third-order valence-corrected chi connectivity index (χ3v) is 7.99. The lowest BCUT2D eigenvalue weighted by Gasteiger charge is -2.21. The van der Waals surface area contributed by atoms with Crippen molar-refractivity contribution in [3.63, 3.8) is 0 Å². The standard InChI is InChI=1S/C31H61NO5S/c1-3-5-7-9-11-13-15-16-17-19-21-23-25-27-31(34)32-29(28-38(35,36)37)30(33)26-24-22-20-18-14-12-10-8-6-4-2/h24,26,29-30,33H,3-23,25,27-28H2,1-2H3,(H,32,34)(H,35,36,37)/b26-24+. The first-order valence-corrected chi connectivity index (χ1v) is 17.5. The lowest BCUT2D eigenvalue weighted by Crippen LogP contribution is -2.46. The molecule has 0 aromatic heterocycles. The number of aliphatic hydroxyl groups excluding tert-OH is 1. The zero-order chi connectivity index (χ0) is 28.3. The monoisotopic (exact) mass is 559 g/mol. The molecule has 38 heavy (non-hydrogen) atoms. The molecule has 0 radical (unpaired) electrons. The second-order valence-corrected chi connectivity index (χ2v) is 12.6. The number of hydrogen-bond acceptors (Lipinski definition) is 4. The van der Waals surface area contributed by atoms with E-state index in [4.69, 9.17) is 0 Å². The minimum absolute atomic E-state index is 0.280. The molecule has 0 saturated heterocycles. The van der Waals surface area contributed by atoms with Crippen molar-refractivity contribution < 1.29 is 22.9 Å². The second-order valence-electron chi connectivity index (χ2n) is 11.1. The van der Waals surface area contributed by atoms with Gasteiger partial charge in [0.2, 0.25) is 5.91 Å². The van der Waals surface area contributed by atoms with Gasteiger partial charge < -0.3 is 10.4 Å². The number of aliphatic hydroxyl groups is 1. The first-order chi connectivity index (χ1) is 18.3. The van der Waals surface area contributed by atoms with Gasteiger partial charge in [-0.2, -0.15) is 8.42 Å². The number of rotatable bonds is 28. The van der Waals surface area contributed by atoms with Gasteiger partial charge >= 0.3 is 0 Å². The summed E-state index contributed by atoms with van der Waals surface area (Å²) in [7, 11) is -4.32. The maximum Gasteiger partial charge on any atom is 0.267 e. The molecule has 0 aliphatic rings. The molecule has 0 bridgehead atoms. The van der Waals surface area contributed by atoms with Crippen molar-refractivity contribution >= 4 is 16.0 Å². The third kappa shape index (κ3) is 26.7. The summed E-state index contributed by atoms with van der Waals surface area (Å²) in [5, 5.41) is 13.1. The Hall–Kier alpha value is -0.920. The number of nitrogens with one attached hydrogen (secondary N) is 1. The quantitative estimate of drug-likeness (QED) is 0.0508. The molecule has 0 spiro atoms. The van der Waals surface area contributed by atoms with Crippen LogP contribution in [0.1, 0.15) is 162 Å². The van der Waals surface area contributed by atoms with Crippen LogP contribution >= 0.6 is 0 Å². The van der Waals surface area contributed by atoms with Crippen molar-refractivity contribution in [3.05, 3.63) is 12.2 Å². The highest BCUT2D eigenvalue weighted by molar-refractivity contribution is 7.85. The third-order valence-electron chi connectivity index (χ3n) is 7.21. The van der Waals surface area contributed by atoms with Crippen molar-refractivity contribution in [2.24, 2.45) is 0 Å². The van der Waals surface area contributed by atoms with Crippen LogP contribution in [-0.2, 0) is 14.9 Å². The van der Waals surface area contributed by atoms with Crippen molar-refractivity contribution in [3.8, 4) is 0 Å². The predicted molar refractivity (Wildman–Crippen MR) is 161 cm³/mol. The highest BCUT2D eigenvalue weighted by Crippen LogP contribution is 2.14. The molecule has 0 aromatic carbocycles. The lowest BCUT2D eigenvalue weighted by molar-refractivity contribution is -0.122. The van der Waals surface area contributed by atoms with Gasteiger partial charge in [-0.05, 0) is 19.3 Å². The average molecular weight is 560 g/mol. The number of carbonyl (C=O) groups excluding carboxylic acids is 1. The Morgan fingerprint density at radius 1 is 0.684 bits per heavy atom. The van der Waals surface area contributed by atoms with E-state index >= 15 is 0 Å². The Morgan fingerprint density at radius 3 is 1.50 bits per heavy atom. The van der Waals surface area contributed by atoms with Crippen LogP contribution in [0, 0.1) is 0 Å². The van der Waals surface area contributed by atoms with Gasteiger partial charge in [0.1, 0.15) is 0 Å². The maximum absolute atomic E-state index is 12.4. The topological polar surface area (TPSA) is 104 Å². The SMILES string of the molecule is CCCCCCCCCC/C=C/C(O)C(CS(=O)(=O)O)NC(=O)CCCCCCCCCCCCCCC.